The van der Waals surface area contributed by atoms with Gasteiger partial charge in [-0.05, 0) is 64.0 Å². The minimum Gasteiger partial charge on any atom is -0.496 e. The molecule has 0 saturated carbocycles. The molecule has 0 radical (unpaired) electrons. The second kappa shape index (κ2) is 10.1. The molecule has 5 nitrogen and oxygen atoms in total. The van der Waals surface area contributed by atoms with Gasteiger partial charge < -0.3 is 15.4 Å². The molecule has 0 atom stereocenters. The molecule has 0 fully saturated rings. The number of carbonyl (C=O) groups excluding carboxylic acids is 2. The molecule has 0 unspecified atom stereocenters. The summed E-state index contributed by atoms with van der Waals surface area (Å²) in [7, 11) is 1.63. The van der Waals surface area contributed by atoms with E-state index in [0.717, 1.165) is 30.6 Å². The first kappa shape index (κ1) is 21.0. The maximum atomic E-state index is 12.5. The van der Waals surface area contributed by atoms with E-state index in [1.165, 1.54) is 18.4 Å². The molecule has 1 aliphatic carbocycles. The zero-order chi connectivity index (χ0) is 19.7. The summed E-state index contributed by atoms with van der Waals surface area (Å²) in [5.41, 5.74) is 1.35. The number of hydrogen-bond acceptors (Lipinski definition) is 3. The van der Waals surface area contributed by atoms with Gasteiger partial charge in [0, 0.05) is 13.1 Å². The average molecular weight is 373 g/mol. The molecule has 1 aliphatic rings. The Kier molecular flexibility index (Phi) is 7.89. The van der Waals surface area contributed by atoms with E-state index in [0.29, 0.717) is 19.5 Å². The molecule has 148 valence electrons. The van der Waals surface area contributed by atoms with Crippen LogP contribution in [-0.4, -0.2) is 32.0 Å². The largest absolute Gasteiger partial charge is 0.496 e. The van der Waals surface area contributed by atoms with Gasteiger partial charge in [0.25, 0.3) is 0 Å². The Labute approximate surface area is 162 Å². The molecular weight excluding hydrogens is 340 g/mol. The Morgan fingerprint density at radius 1 is 1.04 bits per heavy atom. The van der Waals surface area contributed by atoms with Gasteiger partial charge in [-0.3, -0.25) is 9.59 Å². The van der Waals surface area contributed by atoms with E-state index in [2.05, 4.69) is 16.7 Å². The van der Waals surface area contributed by atoms with Crippen molar-refractivity contribution in [3.8, 4) is 5.75 Å². The summed E-state index contributed by atoms with van der Waals surface area (Å²) in [5.74, 6) is 0.321. The van der Waals surface area contributed by atoms with E-state index < -0.39 is 5.41 Å². The summed E-state index contributed by atoms with van der Waals surface area (Å²) in [4.78, 5) is 25.0. The maximum absolute atomic E-state index is 12.5. The van der Waals surface area contributed by atoms with Gasteiger partial charge in [-0.1, -0.05) is 29.8 Å². The third kappa shape index (κ3) is 6.12. The fraction of sp³-hybridized carbons (Fsp3) is 0.545. The van der Waals surface area contributed by atoms with E-state index >= 15 is 0 Å². The fourth-order valence-electron chi connectivity index (χ4n) is 3.23. The van der Waals surface area contributed by atoms with Crippen LogP contribution in [-0.2, 0) is 16.0 Å². The first-order valence-electron chi connectivity index (χ1n) is 9.81. The summed E-state index contributed by atoms with van der Waals surface area (Å²) in [6.45, 7) is 4.38. The van der Waals surface area contributed by atoms with Crippen molar-refractivity contribution < 1.29 is 14.3 Å². The lowest BCUT2D eigenvalue weighted by Gasteiger charge is -2.23. The summed E-state index contributed by atoms with van der Waals surface area (Å²) in [6.07, 6.45) is 8.58. The second-order valence-electron chi connectivity index (χ2n) is 7.56. The first-order valence-corrected chi connectivity index (χ1v) is 9.81. The van der Waals surface area contributed by atoms with Crippen LogP contribution in [0.2, 0.25) is 0 Å². The zero-order valence-electron chi connectivity index (χ0n) is 16.8. The van der Waals surface area contributed by atoms with Crippen LogP contribution in [0.1, 0.15) is 51.5 Å². The average Bonchev–Trinajstić information content (AvgIpc) is 2.68. The van der Waals surface area contributed by atoms with Gasteiger partial charge in [-0.15, -0.1) is 0 Å². The van der Waals surface area contributed by atoms with Gasteiger partial charge >= 0.3 is 0 Å². The first-order chi connectivity index (χ1) is 12.9. The van der Waals surface area contributed by atoms with Gasteiger partial charge in [0.15, 0.2) is 0 Å². The number of amides is 2. The van der Waals surface area contributed by atoms with Gasteiger partial charge in [0.05, 0.1) is 7.11 Å². The smallest absolute Gasteiger partial charge is 0.235 e. The van der Waals surface area contributed by atoms with E-state index in [4.69, 9.17) is 4.74 Å². The van der Waals surface area contributed by atoms with Crippen LogP contribution in [0.5, 0.6) is 5.75 Å². The summed E-state index contributed by atoms with van der Waals surface area (Å²) < 4.78 is 5.32. The minimum atomic E-state index is -1.10. The van der Waals surface area contributed by atoms with Crippen LogP contribution in [0.3, 0.4) is 0 Å². The van der Waals surface area contributed by atoms with Crippen LogP contribution in [0, 0.1) is 5.41 Å². The minimum absolute atomic E-state index is 0.228. The standard InChI is InChI=1S/C22H32N2O3/c1-22(2,20(25)23-15-13-17-9-5-4-6-10-17)21(26)24-16-14-18-11-7-8-12-19(18)27-3/h7-9,11-12H,4-6,10,13-16H2,1-3H3,(H,23,25)(H,24,26). The van der Waals surface area contributed by atoms with Crippen molar-refractivity contribution in [1.82, 2.24) is 10.6 Å². The molecule has 0 saturated heterocycles. The van der Waals surface area contributed by atoms with Crippen molar-refractivity contribution in [2.24, 2.45) is 5.41 Å². The number of allylic oxidation sites excluding steroid dienone is 1. The highest BCUT2D eigenvalue weighted by Crippen LogP contribution is 2.21. The number of nitrogens with one attached hydrogen (secondary N) is 2. The lowest BCUT2D eigenvalue weighted by molar-refractivity contribution is -0.141. The number of rotatable bonds is 9. The number of ether oxygens (including phenoxy) is 1. The van der Waals surface area contributed by atoms with Gasteiger partial charge in [0.1, 0.15) is 11.2 Å². The van der Waals surface area contributed by atoms with Crippen LogP contribution in [0.25, 0.3) is 0 Å². The van der Waals surface area contributed by atoms with Crippen LogP contribution in [0.4, 0.5) is 0 Å². The van der Waals surface area contributed by atoms with Gasteiger partial charge in [-0.2, -0.15) is 0 Å². The van der Waals surface area contributed by atoms with Crippen molar-refractivity contribution in [3.63, 3.8) is 0 Å². The van der Waals surface area contributed by atoms with Crippen molar-refractivity contribution in [2.45, 2.75) is 52.4 Å². The van der Waals surface area contributed by atoms with Crippen LogP contribution >= 0.6 is 0 Å². The lowest BCUT2D eigenvalue weighted by Crippen LogP contribution is -2.48. The summed E-state index contributed by atoms with van der Waals surface area (Å²) in [5, 5.41) is 5.79. The van der Waals surface area contributed by atoms with Crippen molar-refractivity contribution in [3.05, 3.63) is 41.5 Å². The summed E-state index contributed by atoms with van der Waals surface area (Å²) in [6, 6.07) is 7.73. The number of para-hydroxylation sites is 1. The number of carbonyl (C=O) groups is 2. The molecule has 0 aromatic heterocycles. The van der Waals surface area contributed by atoms with Gasteiger partial charge in [0.2, 0.25) is 11.8 Å². The molecule has 2 rings (SSSR count). The molecule has 1 aromatic rings. The molecule has 1 aromatic carbocycles. The number of benzene rings is 1. The molecule has 0 heterocycles. The molecule has 5 heteroatoms. The quantitative estimate of drug-likeness (QED) is 0.516. The Morgan fingerprint density at radius 2 is 1.70 bits per heavy atom. The third-order valence-corrected chi connectivity index (χ3v) is 5.12. The predicted molar refractivity (Wildman–Crippen MR) is 108 cm³/mol. The predicted octanol–water partition coefficient (Wildman–Crippen LogP) is 3.39. The molecule has 0 bridgehead atoms. The molecule has 2 N–H and O–H groups in total. The van der Waals surface area contributed by atoms with Crippen molar-refractivity contribution in [1.29, 1.82) is 0 Å². The molecular formula is C22H32N2O3. The van der Waals surface area contributed by atoms with Crippen LogP contribution < -0.4 is 15.4 Å². The number of methoxy groups -OCH3 is 1. The fourth-order valence-corrected chi connectivity index (χ4v) is 3.23. The molecule has 0 aliphatic heterocycles. The normalized spacial score (nSPS) is 14.3. The van der Waals surface area contributed by atoms with E-state index in [-0.39, 0.29) is 11.8 Å². The number of hydrogen-bond donors (Lipinski definition) is 2. The highest BCUT2D eigenvalue weighted by Gasteiger charge is 2.35. The van der Waals surface area contributed by atoms with Crippen molar-refractivity contribution in [2.75, 3.05) is 20.2 Å². The van der Waals surface area contributed by atoms with Gasteiger partial charge in [-0.25, -0.2) is 0 Å². The Balaban J connectivity index is 1.77. The van der Waals surface area contributed by atoms with E-state index in [1.54, 1.807) is 21.0 Å². The highest BCUT2D eigenvalue weighted by atomic mass is 16.5. The van der Waals surface area contributed by atoms with E-state index in [9.17, 15) is 9.59 Å². The van der Waals surface area contributed by atoms with Crippen LogP contribution in [0.15, 0.2) is 35.9 Å². The Morgan fingerprint density at radius 3 is 2.33 bits per heavy atom. The topological polar surface area (TPSA) is 67.4 Å². The maximum Gasteiger partial charge on any atom is 0.235 e. The molecule has 0 spiro atoms. The third-order valence-electron chi connectivity index (χ3n) is 5.12. The van der Waals surface area contributed by atoms with E-state index in [1.807, 2.05) is 24.3 Å². The zero-order valence-corrected chi connectivity index (χ0v) is 16.8. The highest BCUT2D eigenvalue weighted by molar-refractivity contribution is 6.04. The second-order valence-corrected chi connectivity index (χ2v) is 7.56. The summed E-state index contributed by atoms with van der Waals surface area (Å²) >= 11 is 0. The monoisotopic (exact) mass is 372 g/mol. The lowest BCUT2D eigenvalue weighted by atomic mass is 9.90. The van der Waals surface area contributed by atoms with Crippen molar-refractivity contribution >= 4 is 11.8 Å². The molecule has 27 heavy (non-hydrogen) atoms. The molecule has 2 amide bonds. The Bertz CT molecular complexity index is 680. The SMILES string of the molecule is COc1ccccc1CCNC(=O)C(C)(C)C(=O)NCCC1=CCCCC1. The Hall–Kier alpha value is -2.30.